The fourth-order valence-corrected chi connectivity index (χ4v) is 2.02. The lowest BCUT2D eigenvalue weighted by Gasteiger charge is -2.09. The van der Waals surface area contributed by atoms with Crippen molar-refractivity contribution in [1.82, 2.24) is 0 Å². The maximum atomic E-state index is 13.8. The van der Waals surface area contributed by atoms with Gasteiger partial charge in [0.25, 0.3) is 5.91 Å². The predicted molar refractivity (Wildman–Crippen MR) is 79.5 cm³/mol. The number of nitrogens with two attached hydrogens (primary N) is 1. The molecule has 0 aliphatic rings. The minimum atomic E-state index is -0.655. The second kappa shape index (κ2) is 5.92. The highest BCUT2D eigenvalue weighted by molar-refractivity contribution is 9.10. The first-order valence-corrected chi connectivity index (χ1v) is 6.50. The van der Waals surface area contributed by atoms with Gasteiger partial charge in [0.15, 0.2) is 0 Å². The molecule has 0 aliphatic carbocycles. The van der Waals surface area contributed by atoms with Crippen molar-refractivity contribution in [3.8, 4) is 5.75 Å². The van der Waals surface area contributed by atoms with Crippen LogP contribution in [-0.4, -0.2) is 13.0 Å². The molecule has 0 heterocycles. The Morgan fingerprint density at radius 2 is 2.05 bits per heavy atom. The lowest BCUT2D eigenvalue weighted by atomic mass is 10.1. The Hall–Kier alpha value is -2.08. The number of methoxy groups -OCH3 is 1. The fourth-order valence-electron chi connectivity index (χ4n) is 1.64. The van der Waals surface area contributed by atoms with E-state index in [-0.39, 0.29) is 5.56 Å². The zero-order chi connectivity index (χ0) is 14.7. The normalized spacial score (nSPS) is 10.2. The predicted octanol–water partition coefficient (Wildman–Crippen LogP) is 3.43. The Morgan fingerprint density at radius 3 is 2.65 bits per heavy atom. The standard InChI is InChI=1S/C14H12BrFN2O2/c1-20-9-3-4-10(11(16)7-9)14(19)18-13-5-2-8(15)6-12(13)17/h2-7H,17H2,1H3,(H,18,19). The molecule has 3 N–H and O–H groups in total. The summed E-state index contributed by atoms with van der Waals surface area (Å²) >= 11 is 3.27. The Labute approximate surface area is 123 Å². The summed E-state index contributed by atoms with van der Waals surface area (Å²) < 4.78 is 19.5. The van der Waals surface area contributed by atoms with Crippen molar-refractivity contribution in [1.29, 1.82) is 0 Å². The third-order valence-electron chi connectivity index (χ3n) is 2.68. The van der Waals surface area contributed by atoms with E-state index in [0.717, 1.165) is 10.5 Å². The van der Waals surface area contributed by atoms with Crippen molar-refractivity contribution in [3.05, 3.63) is 52.3 Å². The summed E-state index contributed by atoms with van der Waals surface area (Å²) in [5.41, 5.74) is 6.51. The number of carbonyl (C=O) groups excluding carboxylic acids is 1. The van der Waals surface area contributed by atoms with Gasteiger partial charge in [-0.25, -0.2) is 4.39 Å². The third kappa shape index (κ3) is 3.08. The first kappa shape index (κ1) is 14.3. The van der Waals surface area contributed by atoms with Crippen LogP contribution in [0.4, 0.5) is 15.8 Å². The van der Waals surface area contributed by atoms with Crippen molar-refractivity contribution in [2.75, 3.05) is 18.2 Å². The molecular weight excluding hydrogens is 327 g/mol. The van der Waals surface area contributed by atoms with Gasteiger partial charge >= 0.3 is 0 Å². The topological polar surface area (TPSA) is 64.3 Å². The molecule has 104 valence electrons. The SMILES string of the molecule is COc1ccc(C(=O)Nc2ccc(Br)cc2N)c(F)c1. The van der Waals surface area contributed by atoms with Crippen LogP contribution in [0, 0.1) is 5.82 Å². The molecule has 0 aromatic heterocycles. The van der Waals surface area contributed by atoms with Crippen LogP contribution in [0.3, 0.4) is 0 Å². The average Bonchev–Trinajstić information content (AvgIpc) is 2.41. The van der Waals surface area contributed by atoms with E-state index in [2.05, 4.69) is 21.2 Å². The number of nitrogen functional groups attached to an aromatic ring is 1. The molecule has 0 bridgehead atoms. The first-order chi connectivity index (χ1) is 9.51. The molecule has 0 unspecified atom stereocenters. The van der Waals surface area contributed by atoms with E-state index in [0.29, 0.717) is 17.1 Å². The highest BCUT2D eigenvalue weighted by Gasteiger charge is 2.14. The van der Waals surface area contributed by atoms with Crippen LogP contribution < -0.4 is 15.8 Å². The van der Waals surface area contributed by atoms with Gasteiger partial charge in [0.2, 0.25) is 0 Å². The van der Waals surface area contributed by atoms with Crippen LogP contribution in [0.1, 0.15) is 10.4 Å². The summed E-state index contributed by atoms with van der Waals surface area (Å²) in [6.07, 6.45) is 0. The number of rotatable bonds is 3. The van der Waals surface area contributed by atoms with Crippen LogP contribution in [0.5, 0.6) is 5.75 Å². The Bertz CT molecular complexity index is 662. The second-order valence-corrected chi connectivity index (χ2v) is 4.95. The average molecular weight is 339 g/mol. The molecule has 0 saturated carbocycles. The van der Waals surface area contributed by atoms with Crippen LogP contribution >= 0.6 is 15.9 Å². The number of nitrogens with one attached hydrogen (secondary N) is 1. The molecule has 20 heavy (non-hydrogen) atoms. The number of amides is 1. The Kier molecular flexibility index (Phi) is 4.24. The van der Waals surface area contributed by atoms with E-state index in [1.165, 1.54) is 19.2 Å². The molecule has 6 heteroatoms. The number of ether oxygens (including phenoxy) is 1. The van der Waals surface area contributed by atoms with E-state index in [1.54, 1.807) is 18.2 Å². The summed E-state index contributed by atoms with van der Waals surface area (Å²) in [6.45, 7) is 0. The van der Waals surface area contributed by atoms with Gasteiger partial charge in [-0.3, -0.25) is 4.79 Å². The smallest absolute Gasteiger partial charge is 0.258 e. The fraction of sp³-hybridized carbons (Fsp3) is 0.0714. The Morgan fingerprint density at radius 1 is 1.30 bits per heavy atom. The molecule has 0 saturated heterocycles. The Balaban J connectivity index is 2.24. The van der Waals surface area contributed by atoms with Gasteiger partial charge in [-0.05, 0) is 30.3 Å². The monoisotopic (exact) mass is 338 g/mol. The molecule has 2 rings (SSSR count). The number of hydrogen-bond acceptors (Lipinski definition) is 3. The quantitative estimate of drug-likeness (QED) is 0.842. The van der Waals surface area contributed by atoms with E-state index in [1.807, 2.05) is 0 Å². The minimum absolute atomic E-state index is 0.0758. The molecule has 2 aromatic carbocycles. The van der Waals surface area contributed by atoms with Crippen molar-refractivity contribution < 1.29 is 13.9 Å². The second-order valence-electron chi connectivity index (χ2n) is 4.03. The molecule has 2 aromatic rings. The maximum absolute atomic E-state index is 13.8. The number of anilines is 2. The zero-order valence-electron chi connectivity index (χ0n) is 10.6. The van der Waals surface area contributed by atoms with Crippen molar-refractivity contribution >= 4 is 33.2 Å². The molecule has 0 radical (unpaired) electrons. The summed E-state index contributed by atoms with van der Waals surface area (Å²) in [5, 5.41) is 2.57. The summed E-state index contributed by atoms with van der Waals surface area (Å²) in [6, 6.07) is 9.05. The number of benzene rings is 2. The number of halogens is 2. The van der Waals surface area contributed by atoms with Gasteiger partial charge in [0.1, 0.15) is 11.6 Å². The van der Waals surface area contributed by atoms with Crippen LogP contribution in [0.15, 0.2) is 40.9 Å². The van der Waals surface area contributed by atoms with E-state index >= 15 is 0 Å². The lowest BCUT2D eigenvalue weighted by Crippen LogP contribution is -2.14. The molecule has 4 nitrogen and oxygen atoms in total. The van der Waals surface area contributed by atoms with E-state index in [9.17, 15) is 9.18 Å². The van der Waals surface area contributed by atoms with Gasteiger partial charge < -0.3 is 15.8 Å². The van der Waals surface area contributed by atoms with Gasteiger partial charge in [-0.1, -0.05) is 15.9 Å². The van der Waals surface area contributed by atoms with Crippen LogP contribution in [-0.2, 0) is 0 Å². The summed E-state index contributed by atoms with van der Waals surface area (Å²) in [4.78, 5) is 12.0. The van der Waals surface area contributed by atoms with Gasteiger partial charge in [0, 0.05) is 10.5 Å². The molecule has 0 aliphatic heterocycles. The molecular formula is C14H12BrFN2O2. The molecule has 1 amide bonds. The number of hydrogen-bond donors (Lipinski definition) is 2. The van der Waals surface area contributed by atoms with Crippen molar-refractivity contribution in [2.24, 2.45) is 0 Å². The van der Waals surface area contributed by atoms with Gasteiger partial charge in [-0.15, -0.1) is 0 Å². The molecule has 0 fully saturated rings. The third-order valence-corrected chi connectivity index (χ3v) is 3.18. The molecule has 0 atom stereocenters. The van der Waals surface area contributed by atoms with Crippen LogP contribution in [0.2, 0.25) is 0 Å². The van der Waals surface area contributed by atoms with Crippen molar-refractivity contribution in [2.45, 2.75) is 0 Å². The largest absolute Gasteiger partial charge is 0.497 e. The van der Waals surface area contributed by atoms with Gasteiger partial charge in [-0.2, -0.15) is 0 Å². The maximum Gasteiger partial charge on any atom is 0.258 e. The lowest BCUT2D eigenvalue weighted by molar-refractivity contribution is 0.102. The highest BCUT2D eigenvalue weighted by Crippen LogP contribution is 2.24. The van der Waals surface area contributed by atoms with Crippen molar-refractivity contribution in [3.63, 3.8) is 0 Å². The highest BCUT2D eigenvalue weighted by atomic mass is 79.9. The van der Waals surface area contributed by atoms with E-state index in [4.69, 9.17) is 10.5 Å². The number of carbonyl (C=O) groups is 1. The van der Waals surface area contributed by atoms with Crippen LogP contribution in [0.25, 0.3) is 0 Å². The summed E-state index contributed by atoms with van der Waals surface area (Å²) in [7, 11) is 1.43. The first-order valence-electron chi connectivity index (χ1n) is 5.71. The van der Waals surface area contributed by atoms with E-state index < -0.39 is 11.7 Å². The minimum Gasteiger partial charge on any atom is -0.497 e. The zero-order valence-corrected chi connectivity index (χ0v) is 12.2. The summed E-state index contributed by atoms with van der Waals surface area (Å²) in [5.74, 6) is -0.876. The molecule has 0 spiro atoms. The van der Waals surface area contributed by atoms with Gasteiger partial charge in [0.05, 0.1) is 24.0 Å².